The number of ether oxygens (including phenoxy) is 1. The van der Waals surface area contributed by atoms with E-state index in [0.29, 0.717) is 15.6 Å². The van der Waals surface area contributed by atoms with Gasteiger partial charge in [-0.25, -0.2) is 4.39 Å². The molecule has 94 valence electrons. The lowest BCUT2D eigenvalue weighted by Crippen LogP contribution is -1.91. The smallest absolute Gasteiger partial charge is 0.137 e. The monoisotopic (exact) mass is 372 g/mol. The van der Waals surface area contributed by atoms with Crippen molar-refractivity contribution in [2.45, 2.75) is 12.3 Å². The quantitative estimate of drug-likeness (QED) is 0.637. The average Bonchev–Trinajstić information content (AvgIpc) is 2.36. The van der Waals surface area contributed by atoms with E-state index in [2.05, 4.69) is 37.9 Å². The zero-order chi connectivity index (χ0) is 13.1. The summed E-state index contributed by atoms with van der Waals surface area (Å²) in [6.45, 7) is 2.03. The molecule has 0 spiro atoms. The van der Waals surface area contributed by atoms with Crippen molar-refractivity contribution in [3.8, 4) is 11.5 Å². The summed E-state index contributed by atoms with van der Waals surface area (Å²) in [6.07, 6.45) is 0. The van der Waals surface area contributed by atoms with E-state index in [9.17, 15) is 4.39 Å². The number of alkyl halides is 1. The van der Waals surface area contributed by atoms with Crippen LogP contribution < -0.4 is 4.74 Å². The summed E-state index contributed by atoms with van der Waals surface area (Å²) < 4.78 is 19.3. The summed E-state index contributed by atoms with van der Waals surface area (Å²) in [6, 6.07) is 10.6. The van der Waals surface area contributed by atoms with Crippen LogP contribution in [0.4, 0.5) is 4.39 Å². The minimum atomic E-state index is -0.299. The maximum Gasteiger partial charge on any atom is 0.137 e. The van der Waals surface area contributed by atoms with Gasteiger partial charge in [-0.3, -0.25) is 0 Å². The highest BCUT2D eigenvalue weighted by molar-refractivity contribution is 9.10. The van der Waals surface area contributed by atoms with E-state index >= 15 is 0 Å². The standard InChI is InChI=1S/C14H11Br2FO/c1-9-2-5-14(10(6-9)8-15)18-11-3-4-13(17)12(16)7-11/h2-7H,8H2,1H3. The second-order valence-electron chi connectivity index (χ2n) is 3.92. The molecule has 0 radical (unpaired) electrons. The average molecular weight is 374 g/mol. The third-order valence-electron chi connectivity index (χ3n) is 2.48. The molecule has 0 aromatic heterocycles. The van der Waals surface area contributed by atoms with Crippen molar-refractivity contribution in [3.63, 3.8) is 0 Å². The first-order chi connectivity index (χ1) is 8.60. The third-order valence-corrected chi connectivity index (χ3v) is 3.69. The summed E-state index contributed by atoms with van der Waals surface area (Å²) in [4.78, 5) is 0. The Morgan fingerprint density at radius 2 is 1.94 bits per heavy atom. The topological polar surface area (TPSA) is 9.23 Å². The number of rotatable bonds is 3. The van der Waals surface area contributed by atoms with Gasteiger partial charge in [0.25, 0.3) is 0 Å². The normalized spacial score (nSPS) is 10.4. The summed E-state index contributed by atoms with van der Waals surface area (Å²) in [5.74, 6) is 1.08. The van der Waals surface area contributed by atoms with Crippen LogP contribution in [-0.2, 0) is 5.33 Å². The number of benzene rings is 2. The summed E-state index contributed by atoms with van der Waals surface area (Å²) in [7, 11) is 0. The van der Waals surface area contributed by atoms with Gasteiger partial charge >= 0.3 is 0 Å². The largest absolute Gasteiger partial charge is 0.457 e. The van der Waals surface area contributed by atoms with Gasteiger partial charge in [-0.15, -0.1) is 0 Å². The Morgan fingerprint density at radius 3 is 2.61 bits per heavy atom. The highest BCUT2D eigenvalue weighted by Gasteiger charge is 2.06. The summed E-state index contributed by atoms with van der Waals surface area (Å²) in [5, 5.41) is 0.715. The molecule has 0 fully saturated rings. The van der Waals surface area contributed by atoms with Crippen LogP contribution in [0.2, 0.25) is 0 Å². The molecule has 4 heteroatoms. The van der Waals surface area contributed by atoms with Crippen molar-refractivity contribution in [2.24, 2.45) is 0 Å². The summed E-state index contributed by atoms with van der Waals surface area (Å²) in [5.41, 5.74) is 2.24. The van der Waals surface area contributed by atoms with Gasteiger partial charge < -0.3 is 4.74 Å². The molecule has 0 unspecified atom stereocenters. The van der Waals surface area contributed by atoms with Crippen molar-refractivity contribution in [1.29, 1.82) is 0 Å². The Morgan fingerprint density at radius 1 is 1.17 bits per heavy atom. The molecule has 0 bridgehead atoms. The second-order valence-corrected chi connectivity index (χ2v) is 5.34. The molecule has 0 N–H and O–H groups in total. The third kappa shape index (κ3) is 3.12. The molecular formula is C14H11Br2FO. The molecule has 0 heterocycles. The first-order valence-electron chi connectivity index (χ1n) is 5.38. The number of hydrogen-bond acceptors (Lipinski definition) is 1. The fourth-order valence-electron chi connectivity index (χ4n) is 1.58. The molecule has 2 aromatic rings. The van der Waals surface area contributed by atoms with Gasteiger partial charge in [0.2, 0.25) is 0 Å². The molecule has 18 heavy (non-hydrogen) atoms. The molecular weight excluding hydrogens is 363 g/mol. The Bertz CT molecular complexity index is 570. The molecule has 1 nitrogen and oxygen atoms in total. The molecule has 2 aromatic carbocycles. The molecule has 2 rings (SSSR count). The molecule has 0 atom stereocenters. The zero-order valence-electron chi connectivity index (χ0n) is 9.71. The van der Waals surface area contributed by atoms with Crippen LogP contribution in [0.25, 0.3) is 0 Å². The Balaban J connectivity index is 2.30. The van der Waals surface area contributed by atoms with Gasteiger partial charge in [-0.05, 0) is 47.1 Å². The minimum absolute atomic E-state index is 0.299. The Hall–Kier alpha value is -0.870. The highest BCUT2D eigenvalue weighted by Crippen LogP contribution is 2.30. The molecule has 0 aliphatic heterocycles. The van der Waals surface area contributed by atoms with E-state index in [-0.39, 0.29) is 5.82 Å². The summed E-state index contributed by atoms with van der Waals surface area (Å²) >= 11 is 6.58. The molecule has 0 aliphatic carbocycles. The second kappa shape index (κ2) is 5.85. The van der Waals surface area contributed by atoms with Crippen molar-refractivity contribution < 1.29 is 9.13 Å². The van der Waals surface area contributed by atoms with E-state index < -0.39 is 0 Å². The van der Waals surface area contributed by atoms with Crippen LogP contribution in [0.3, 0.4) is 0 Å². The van der Waals surface area contributed by atoms with Crippen LogP contribution in [0, 0.1) is 12.7 Å². The molecule has 0 aliphatic rings. The van der Waals surface area contributed by atoms with Gasteiger partial charge in [0.05, 0.1) is 4.47 Å². The van der Waals surface area contributed by atoms with Gasteiger partial charge in [0, 0.05) is 10.9 Å². The van der Waals surface area contributed by atoms with Crippen LogP contribution in [0.1, 0.15) is 11.1 Å². The van der Waals surface area contributed by atoms with E-state index in [1.807, 2.05) is 19.1 Å². The maximum absolute atomic E-state index is 13.1. The van der Waals surface area contributed by atoms with E-state index in [1.54, 1.807) is 12.1 Å². The van der Waals surface area contributed by atoms with E-state index in [0.717, 1.165) is 11.3 Å². The first-order valence-corrected chi connectivity index (χ1v) is 7.30. The van der Waals surface area contributed by atoms with Crippen LogP contribution in [0.5, 0.6) is 11.5 Å². The lowest BCUT2D eigenvalue weighted by Gasteiger charge is -2.11. The van der Waals surface area contributed by atoms with Gasteiger partial charge in [0.1, 0.15) is 17.3 Å². The predicted molar refractivity (Wildman–Crippen MR) is 78.0 cm³/mol. The van der Waals surface area contributed by atoms with Crippen molar-refractivity contribution >= 4 is 31.9 Å². The van der Waals surface area contributed by atoms with Crippen LogP contribution >= 0.6 is 31.9 Å². The lowest BCUT2D eigenvalue weighted by atomic mass is 10.1. The number of aryl methyl sites for hydroxylation is 1. The van der Waals surface area contributed by atoms with Gasteiger partial charge in [-0.1, -0.05) is 33.6 Å². The lowest BCUT2D eigenvalue weighted by molar-refractivity contribution is 0.476. The Labute approximate surface area is 122 Å². The van der Waals surface area contributed by atoms with E-state index in [1.165, 1.54) is 11.6 Å². The SMILES string of the molecule is Cc1ccc(Oc2ccc(F)c(Br)c2)c(CBr)c1. The highest BCUT2D eigenvalue weighted by atomic mass is 79.9. The van der Waals surface area contributed by atoms with Crippen molar-refractivity contribution in [2.75, 3.05) is 0 Å². The number of hydrogen-bond donors (Lipinski definition) is 0. The molecule has 0 amide bonds. The van der Waals surface area contributed by atoms with Crippen LogP contribution in [0.15, 0.2) is 40.9 Å². The first kappa shape index (κ1) is 13.6. The zero-order valence-corrected chi connectivity index (χ0v) is 12.9. The van der Waals surface area contributed by atoms with Gasteiger partial charge in [-0.2, -0.15) is 0 Å². The van der Waals surface area contributed by atoms with Crippen molar-refractivity contribution in [1.82, 2.24) is 0 Å². The fraction of sp³-hybridized carbons (Fsp3) is 0.143. The molecule has 0 saturated carbocycles. The Kier molecular flexibility index (Phi) is 4.40. The number of halogens is 3. The predicted octanol–water partition coefficient (Wildman–Crippen LogP) is 5.58. The molecule has 0 saturated heterocycles. The fourth-order valence-corrected chi connectivity index (χ4v) is 2.38. The van der Waals surface area contributed by atoms with Crippen molar-refractivity contribution in [3.05, 3.63) is 57.8 Å². The van der Waals surface area contributed by atoms with Crippen LogP contribution in [-0.4, -0.2) is 0 Å². The van der Waals surface area contributed by atoms with Gasteiger partial charge in [0.15, 0.2) is 0 Å². The maximum atomic E-state index is 13.1. The van der Waals surface area contributed by atoms with E-state index in [4.69, 9.17) is 4.74 Å². The minimum Gasteiger partial charge on any atom is -0.457 e.